The Morgan fingerprint density at radius 2 is 1.52 bits per heavy atom. The molecule has 0 radical (unpaired) electrons. The molecule has 50 heavy (non-hydrogen) atoms. The standard InChI is InChI=1S/C36H56N6O7S/c1-7-14-25(28(43)31(45)37-23-15-16-23)38-30(44)27-26-24(34(26,2)3)21-42(27)32(46)29(35(4)17-10-8-11-18-35)39-33(47)40-36(19-12-9-13-20-36)22-50(48,49)41(5)6/h1,23-27,29H,8-22H2,2-6H3,(H,37,45)(H,38,44)(H2,39,40,47). The molecule has 4 aliphatic carbocycles. The number of nitrogens with zero attached hydrogens (tertiary/aromatic N) is 2. The summed E-state index contributed by atoms with van der Waals surface area (Å²) in [6.45, 7) is 6.41. The number of Topliss-reactive ketones (excluding diaryl/α,β-unsaturated/α-hetero) is 1. The highest BCUT2D eigenvalue weighted by Gasteiger charge is 2.70. The van der Waals surface area contributed by atoms with Crippen molar-refractivity contribution in [2.24, 2.45) is 22.7 Å². The minimum Gasteiger partial charge on any atom is -0.347 e. The first-order valence-corrected chi connectivity index (χ1v) is 19.9. The number of fused-ring (bicyclic) bond motifs is 1. The first-order valence-electron chi connectivity index (χ1n) is 18.3. The van der Waals surface area contributed by atoms with E-state index in [2.05, 4.69) is 41.0 Å². The zero-order valence-corrected chi connectivity index (χ0v) is 31.1. The third kappa shape index (κ3) is 7.98. The highest BCUT2D eigenvalue weighted by atomic mass is 32.2. The highest BCUT2D eigenvalue weighted by molar-refractivity contribution is 7.89. The van der Waals surface area contributed by atoms with Gasteiger partial charge in [0.2, 0.25) is 27.6 Å². The Hall–Kier alpha value is -3.18. The summed E-state index contributed by atoms with van der Waals surface area (Å²) in [5.74, 6) is -0.504. The van der Waals surface area contributed by atoms with Crippen molar-refractivity contribution in [3.8, 4) is 12.3 Å². The molecule has 4 N–H and O–H groups in total. The number of ketones is 1. The van der Waals surface area contributed by atoms with Crippen LogP contribution in [0.1, 0.15) is 104 Å². The Labute approximate surface area is 297 Å². The van der Waals surface area contributed by atoms with E-state index in [1.54, 1.807) is 4.90 Å². The summed E-state index contributed by atoms with van der Waals surface area (Å²) < 4.78 is 27.2. The van der Waals surface area contributed by atoms with Crippen molar-refractivity contribution in [1.29, 1.82) is 0 Å². The zero-order chi connectivity index (χ0) is 36.6. The van der Waals surface area contributed by atoms with Gasteiger partial charge in [-0.1, -0.05) is 59.3 Å². The molecular formula is C36H56N6O7S. The van der Waals surface area contributed by atoms with Gasteiger partial charge in [0.05, 0.1) is 11.3 Å². The maximum absolute atomic E-state index is 14.8. The van der Waals surface area contributed by atoms with E-state index >= 15 is 0 Å². The van der Waals surface area contributed by atoms with Crippen LogP contribution in [-0.2, 0) is 29.2 Å². The summed E-state index contributed by atoms with van der Waals surface area (Å²) in [7, 11) is -0.683. The molecule has 5 unspecified atom stereocenters. The van der Waals surface area contributed by atoms with Gasteiger partial charge in [0.15, 0.2) is 0 Å². The lowest BCUT2D eigenvalue weighted by Gasteiger charge is -2.44. The van der Waals surface area contributed by atoms with Crippen LogP contribution in [0.3, 0.4) is 0 Å². The van der Waals surface area contributed by atoms with E-state index in [1.165, 1.54) is 18.4 Å². The van der Waals surface area contributed by atoms with Crippen LogP contribution < -0.4 is 21.3 Å². The molecule has 0 spiro atoms. The van der Waals surface area contributed by atoms with Crippen LogP contribution in [0, 0.1) is 35.0 Å². The summed E-state index contributed by atoms with van der Waals surface area (Å²) in [5, 5.41) is 11.4. The van der Waals surface area contributed by atoms with E-state index in [-0.39, 0.29) is 41.4 Å². The van der Waals surface area contributed by atoms with Crippen molar-refractivity contribution in [3.63, 3.8) is 0 Å². The Kier molecular flexibility index (Phi) is 11.0. The van der Waals surface area contributed by atoms with Crippen molar-refractivity contribution < 1.29 is 32.4 Å². The van der Waals surface area contributed by atoms with Crippen LogP contribution in [0.15, 0.2) is 0 Å². The van der Waals surface area contributed by atoms with E-state index in [4.69, 9.17) is 6.42 Å². The van der Waals surface area contributed by atoms with Crippen LogP contribution in [0.2, 0.25) is 0 Å². The topological polar surface area (TPSA) is 174 Å². The number of sulfonamides is 1. The maximum atomic E-state index is 14.8. The third-order valence-corrected chi connectivity index (χ3v) is 14.3. The molecule has 0 aromatic rings. The average molecular weight is 717 g/mol. The number of hydrogen-bond acceptors (Lipinski definition) is 7. The molecule has 5 fully saturated rings. The van der Waals surface area contributed by atoms with Crippen molar-refractivity contribution in [2.45, 2.75) is 134 Å². The van der Waals surface area contributed by atoms with Gasteiger partial charge in [-0.05, 0) is 61.2 Å². The lowest BCUT2D eigenvalue weighted by molar-refractivity contribution is -0.146. The predicted octanol–water partition coefficient (Wildman–Crippen LogP) is 2.06. The largest absolute Gasteiger partial charge is 0.347 e. The van der Waals surface area contributed by atoms with Gasteiger partial charge < -0.3 is 26.2 Å². The van der Waals surface area contributed by atoms with Gasteiger partial charge in [-0.25, -0.2) is 17.5 Å². The van der Waals surface area contributed by atoms with Crippen LogP contribution in [-0.4, -0.2) is 103 Å². The first kappa shape index (κ1) is 38.1. The Bertz CT molecular complexity index is 1500. The van der Waals surface area contributed by atoms with Gasteiger partial charge in [-0.3, -0.25) is 19.2 Å². The number of rotatable bonds is 13. The monoisotopic (exact) mass is 716 g/mol. The molecule has 1 heterocycles. The Morgan fingerprint density at radius 1 is 0.920 bits per heavy atom. The first-order chi connectivity index (χ1) is 23.4. The van der Waals surface area contributed by atoms with E-state index in [9.17, 15) is 32.4 Å². The van der Waals surface area contributed by atoms with Crippen molar-refractivity contribution >= 4 is 39.6 Å². The molecule has 5 aliphatic rings. The molecule has 278 valence electrons. The number of terminal acetylenes is 1. The van der Waals surface area contributed by atoms with Gasteiger partial charge in [0.25, 0.3) is 5.91 Å². The number of piperidine rings is 1. The van der Waals surface area contributed by atoms with Gasteiger partial charge in [-0.2, -0.15) is 0 Å². The zero-order valence-electron chi connectivity index (χ0n) is 30.3. The summed E-state index contributed by atoms with van der Waals surface area (Å²) in [5.41, 5.74) is -1.80. The fourth-order valence-electron chi connectivity index (χ4n) is 8.81. The molecule has 13 nitrogen and oxygen atoms in total. The quantitative estimate of drug-likeness (QED) is 0.167. The van der Waals surface area contributed by atoms with Crippen LogP contribution in [0.25, 0.3) is 0 Å². The van der Waals surface area contributed by atoms with E-state index in [1.807, 2.05) is 6.92 Å². The summed E-state index contributed by atoms with van der Waals surface area (Å²) >= 11 is 0. The second-order valence-corrected chi connectivity index (χ2v) is 18.8. The number of hydrogen-bond donors (Lipinski definition) is 4. The smallest absolute Gasteiger partial charge is 0.315 e. The molecule has 4 saturated carbocycles. The minimum atomic E-state index is -3.64. The molecule has 5 amide bonds. The highest BCUT2D eigenvalue weighted by Crippen LogP contribution is 2.65. The number of nitrogens with one attached hydrogen (secondary N) is 4. The number of carbonyl (C=O) groups is 5. The second kappa shape index (κ2) is 14.4. The minimum absolute atomic E-state index is 0.0394. The molecular weight excluding hydrogens is 660 g/mol. The van der Waals surface area contributed by atoms with Crippen LogP contribution in [0.4, 0.5) is 4.79 Å². The SMILES string of the molecule is C#CCC(NC(=O)C1C2C(CN1C(=O)C(NC(=O)NC1(CS(=O)(=O)N(C)C)CCCCC1)C1(C)CCCCC1)C2(C)C)C(=O)C(=O)NC1CC1. The van der Waals surface area contributed by atoms with Crippen molar-refractivity contribution in [2.75, 3.05) is 26.4 Å². The molecule has 0 aromatic carbocycles. The molecule has 14 heteroatoms. The van der Waals surface area contributed by atoms with Gasteiger partial charge in [-0.15, -0.1) is 12.3 Å². The second-order valence-electron chi connectivity index (χ2n) is 16.6. The number of likely N-dealkylation sites (tertiary alicyclic amines) is 1. The number of carbonyl (C=O) groups excluding carboxylic acids is 5. The number of urea groups is 1. The van der Waals surface area contributed by atoms with Gasteiger partial charge in [0, 0.05) is 33.1 Å². The maximum Gasteiger partial charge on any atom is 0.315 e. The average Bonchev–Trinajstić information content (AvgIpc) is 3.90. The van der Waals surface area contributed by atoms with Gasteiger partial charge in [0.1, 0.15) is 18.1 Å². The van der Waals surface area contributed by atoms with E-state index in [0.717, 1.165) is 51.4 Å². The lowest BCUT2D eigenvalue weighted by Crippen LogP contribution is -2.65. The Balaban J connectivity index is 1.39. The molecule has 1 aliphatic heterocycles. The third-order valence-electron chi connectivity index (χ3n) is 12.3. The molecule has 5 rings (SSSR count). The van der Waals surface area contributed by atoms with E-state index in [0.29, 0.717) is 32.2 Å². The normalized spacial score (nSPS) is 27.5. The van der Waals surface area contributed by atoms with Crippen LogP contribution in [0.5, 0.6) is 0 Å². The molecule has 0 aromatic heterocycles. The van der Waals surface area contributed by atoms with E-state index < -0.39 is 62.7 Å². The predicted molar refractivity (Wildman–Crippen MR) is 188 cm³/mol. The molecule has 1 saturated heterocycles. The fourth-order valence-corrected chi connectivity index (χ4v) is 10.1. The lowest BCUT2D eigenvalue weighted by atomic mass is 9.70. The molecule has 5 atom stereocenters. The van der Waals surface area contributed by atoms with Gasteiger partial charge >= 0.3 is 6.03 Å². The fraction of sp³-hybridized carbons (Fsp3) is 0.806. The summed E-state index contributed by atoms with van der Waals surface area (Å²) in [4.78, 5) is 70.1. The van der Waals surface area contributed by atoms with Crippen molar-refractivity contribution in [3.05, 3.63) is 0 Å². The number of amides is 5. The van der Waals surface area contributed by atoms with Crippen molar-refractivity contribution in [1.82, 2.24) is 30.5 Å². The summed E-state index contributed by atoms with van der Waals surface area (Å²) in [6, 6.07) is -3.77. The molecule has 0 bridgehead atoms. The Morgan fingerprint density at radius 3 is 2.08 bits per heavy atom. The summed E-state index contributed by atoms with van der Waals surface area (Å²) in [6.07, 6.45) is 14.6. The van der Waals surface area contributed by atoms with Crippen LogP contribution >= 0.6 is 0 Å².